The molecule has 0 saturated carbocycles. The lowest BCUT2D eigenvalue weighted by atomic mass is 9.51. The molecule has 0 aliphatic heterocycles. The number of unbranched alkanes of at least 4 members (excludes halogenated alkanes) is 2. The van der Waals surface area contributed by atoms with Crippen molar-refractivity contribution in [3.05, 3.63) is 159 Å². The van der Waals surface area contributed by atoms with E-state index >= 15 is 0 Å². The molecule has 51 heavy (non-hydrogen) atoms. The Kier molecular flexibility index (Phi) is 8.98. The summed E-state index contributed by atoms with van der Waals surface area (Å²) in [5, 5.41) is 3.69. The van der Waals surface area contributed by atoms with Gasteiger partial charge in [-0.1, -0.05) is 138 Å². The molecule has 0 saturated heterocycles. The highest BCUT2D eigenvalue weighted by molar-refractivity contribution is 5.88. The number of anilines is 1. The quantitative estimate of drug-likeness (QED) is 0.114. The first-order valence-corrected chi connectivity index (χ1v) is 20.3. The van der Waals surface area contributed by atoms with Gasteiger partial charge in [0, 0.05) is 23.1 Å². The van der Waals surface area contributed by atoms with Crippen LogP contribution in [0.1, 0.15) is 135 Å². The van der Waals surface area contributed by atoms with Crippen LogP contribution in [-0.4, -0.2) is 6.54 Å². The van der Waals surface area contributed by atoms with E-state index in [9.17, 15) is 0 Å². The van der Waals surface area contributed by atoms with E-state index in [1.165, 1.54) is 124 Å². The highest BCUT2D eigenvalue weighted by Crippen LogP contribution is 2.60. The van der Waals surface area contributed by atoms with Crippen molar-refractivity contribution in [2.45, 2.75) is 121 Å². The molecule has 0 spiro atoms. The van der Waals surface area contributed by atoms with Crippen molar-refractivity contribution >= 4 is 5.69 Å². The molecule has 1 nitrogen and oxygen atoms in total. The molecular formula is C50H57N. The van der Waals surface area contributed by atoms with Crippen molar-refractivity contribution in [3.8, 4) is 11.1 Å². The second-order valence-electron chi connectivity index (χ2n) is 15.8. The number of hydrogen-bond donors (Lipinski definition) is 1. The molecule has 1 atom stereocenters. The number of benzene rings is 5. The fourth-order valence-electron chi connectivity index (χ4n) is 11.0. The van der Waals surface area contributed by atoms with E-state index in [1.54, 1.807) is 0 Å². The first-order valence-electron chi connectivity index (χ1n) is 20.3. The third-order valence-electron chi connectivity index (χ3n) is 13.9. The third kappa shape index (κ3) is 5.01. The Hall–Kier alpha value is -4.10. The molecule has 1 N–H and O–H groups in total. The van der Waals surface area contributed by atoms with Gasteiger partial charge in [0.05, 0.1) is 5.41 Å². The third-order valence-corrected chi connectivity index (χ3v) is 13.9. The van der Waals surface area contributed by atoms with Crippen LogP contribution < -0.4 is 5.32 Å². The van der Waals surface area contributed by atoms with Gasteiger partial charge in [-0.15, -0.1) is 0 Å². The van der Waals surface area contributed by atoms with Crippen molar-refractivity contribution in [2.24, 2.45) is 0 Å². The fourth-order valence-corrected chi connectivity index (χ4v) is 11.0. The molecule has 1 heteroatoms. The van der Waals surface area contributed by atoms with Crippen molar-refractivity contribution in [2.75, 3.05) is 11.9 Å². The lowest BCUT2D eigenvalue weighted by Gasteiger charge is -2.52. The Labute approximate surface area is 307 Å². The van der Waals surface area contributed by atoms with E-state index in [2.05, 4.69) is 143 Å². The zero-order chi connectivity index (χ0) is 35.2. The average molecular weight is 672 g/mol. The summed E-state index contributed by atoms with van der Waals surface area (Å²) in [7, 11) is 0. The number of aryl methyl sites for hydroxylation is 4. The minimum atomic E-state index is -0.391. The first-order chi connectivity index (χ1) is 25.0. The first kappa shape index (κ1) is 34.0. The van der Waals surface area contributed by atoms with Crippen LogP contribution in [0.25, 0.3) is 11.1 Å². The predicted molar refractivity (Wildman–Crippen MR) is 218 cm³/mol. The second-order valence-corrected chi connectivity index (χ2v) is 15.8. The summed E-state index contributed by atoms with van der Waals surface area (Å²) < 4.78 is 0. The van der Waals surface area contributed by atoms with Gasteiger partial charge in [-0.2, -0.15) is 0 Å². The average Bonchev–Trinajstić information content (AvgIpc) is 3.43. The molecule has 262 valence electrons. The predicted octanol–water partition coefficient (Wildman–Crippen LogP) is 12.7. The van der Waals surface area contributed by atoms with Gasteiger partial charge in [0.25, 0.3) is 0 Å². The molecule has 0 radical (unpaired) electrons. The molecule has 0 heterocycles. The van der Waals surface area contributed by atoms with Gasteiger partial charge in [0.15, 0.2) is 0 Å². The molecule has 5 aromatic carbocycles. The van der Waals surface area contributed by atoms with Crippen LogP contribution >= 0.6 is 0 Å². The maximum atomic E-state index is 3.69. The zero-order valence-corrected chi connectivity index (χ0v) is 31.8. The number of rotatable bonds is 14. The van der Waals surface area contributed by atoms with Crippen molar-refractivity contribution < 1.29 is 0 Å². The van der Waals surface area contributed by atoms with Crippen LogP contribution in [0.4, 0.5) is 5.69 Å². The Morgan fingerprint density at radius 1 is 0.529 bits per heavy atom. The fraction of sp³-hybridized carbons (Fsp3) is 0.400. The topological polar surface area (TPSA) is 12.0 Å². The molecule has 8 rings (SSSR count). The van der Waals surface area contributed by atoms with Gasteiger partial charge in [0.1, 0.15) is 0 Å². The van der Waals surface area contributed by atoms with E-state index in [0.29, 0.717) is 0 Å². The Balaban J connectivity index is 1.45. The summed E-state index contributed by atoms with van der Waals surface area (Å²) in [5.41, 5.74) is 18.6. The van der Waals surface area contributed by atoms with Crippen LogP contribution in [-0.2, 0) is 41.9 Å². The highest BCUT2D eigenvalue weighted by atomic mass is 14.8. The van der Waals surface area contributed by atoms with E-state index in [-0.39, 0.29) is 10.8 Å². The summed E-state index contributed by atoms with van der Waals surface area (Å²) in [6.07, 6.45) is 13.1. The standard InChI is InChI=1S/C50H57N/c1-6-11-15-30-49(9-4,48(7-2,8-3)39-16-13-12-14-17-39)40-26-28-44-45-29-27-43(51-10-5)34-47(45)50(46(44)33-40,41-24-22-35-18-20-37(35)31-41)42-25-23-36-19-21-38(36)32-42/h12-14,16-17,22-29,31-34,51H,6-11,15,18-21,30H2,1-5H3. The highest BCUT2D eigenvalue weighted by Gasteiger charge is 2.52. The summed E-state index contributed by atoms with van der Waals surface area (Å²) in [6.45, 7) is 12.9. The van der Waals surface area contributed by atoms with E-state index in [4.69, 9.17) is 0 Å². The maximum Gasteiger partial charge on any atom is 0.0714 e. The normalized spacial score (nSPS) is 16.2. The van der Waals surface area contributed by atoms with Crippen LogP contribution in [0.15, 0.2) is 103 Å². The summed E-state index contributed by atoms with van der Waals surface area (Å²) in [6, 6.07) is 41.7. The molecule has 1 unspecified atom stereocenters. The number of hydrogen-bond acceptors (Lipinski definition) is 1. The van der Waals surface area contributed by atoms with E-state index in [1.807, 2.05) is 0 Å². The van der Waals surface area contributed by atoms with Crippen LogP contribution in [0, 0.1) is 0 Å². The smallest absolute Gasteiger partial charge is 0.0714 e. The van der Waals surface area contributed by atoms with E-state index in [0.717, 1.165) is 25.8 Å². The molecular weight excluding hydrogens is 615 g/mol. The summed E-state index contributed by atoms with van der Waals surface area (Å²) in [5.74, 6) is 0. The monoisotopic (exact) mass is 671 g/mol. The Morgan fingerprint density at radius 3 is 1.65 bits per heavy atom. The minimum Gasteiger partial charge on any atom is -0.385 e. The number of nitrogens with one attached hydrogen (secondary N) is 1. The van der Waals surface area contributed by atoms with Crippen molar-refractivity contribution in [1.29, 1.82) is 0 Å². The van der Waals surface area contributed by atoms with Crippen molar-refractivity contribution in [3.63, 3.8) is 0 Å². The van der Waals surface area contributed by atoms with Gasteiger partial charge in [-0.25, -0.2) is 0 Å². The lowest BCUT2D eigenvalue weighted by molar-refractivity contribution is 0.166. The van der Waals surface area contributed by atoms with Crippen molar-refractivity contribution in [1.82, 2.24) is 0 Å². The van der Waals surface area contributed by atoms with Gasteiger partial charge < -0.3 is 5.32 Å². The Morgan fingerprint density at radius 2 is 1.12 bits per heavy atom. The molecule has 0 aromatic heterocycles. The SMILES string of the molecule is CCCCCC(CC)(c1ccc2c(c1)C(c1ccc3c(c1)CC3)(c1ccc3c(c1)CC3)c1cc(NCC)ccc1-2)C(CC)(CC)c1ccccc1. The van der Waals surface area contributed by atoms with Crippen LogP contribution in [0.3, 0.4) is 0 Å². The van der Waals surface area contributed by atoms with Gasteiger partial charge in [-0.05, 0) is 137 Å². The van der Waals surface area contributed by atoms with Gasteiger partial charge >= 0.3 is 0 Å². The van der Waals surface area contributed by atoms with Crippen LogP contribution in [0.5, 0.6) is 0 Å². The summed E-state index contributed by atoms with van der Waals surface area (Å²) >= 11 is 0. The molecule has 3 aliphatic carbocycles. The minimum absolute atomic E-state index is 0.00158. The zero-order valence-electron chi connectivity index (χ0n) is 31.8. The van der Waals surface area contributed by atoms with Crippen LogP contribution in [0.2, 0.25) is 0 Å². The summed E-state index contributed by atoms with van der Waals surface area (Å²) in [4.78, 5) is 0. The largest absolute Gasteiger partial charge is 0.385 e. The molecule has 0 amide bonds. The number of fused-ring (bicyclic) bond motifs is 5. The Bertz CT molecular complexity index is 1990. The molecule has 0 bridgehead atoms. The molecule has 3 aliphatic rings. The molecule has 0 fully saturated rings. The maximum absolute atomic E-state index is 3.69. The van der Waals surface area contributed by atoms with E-state index < -0.39 is 5.41 Å². The second kappa shape index (κ2) is 13.5. The lowest BCUT2D eigenvalue weighted by Crippen LogP contribution is -2.48. The molecule has 5 aromatic rings. The van der Waals surface area contributed by atoms with Gasteiger partial charge in [0.2, 0.25) is 0 Å². The van der Waals surface area contributed by atoms with Gasteiger partial charge in [-0.3, -0.25) is 0 Å².